The molecule has 0 spiro atoms. The van der Waals surface area contributed by atoms with E-state index in [0.29, 0.717) is 10.7 Å². The molecule has 1 aliphatic rings. The molecule has 0 bridgehead atoms. The number of anilines is 1. The molecule has 0 unspecified atom stereocenters. The van der Waals surface area contributed by atoms with Crippen molar-refractivity contribution in [3.8, 4) is 0 Å². The van der Waals surface area contributed by atoms with Crippen LogP contribution in [0.2, 0.25) is 5.02 Å². The third kappa shape index (κ3) is 1.65. The molecule has 0 aromatic carbocycles. The molecule has 1 aliphatic heterocycles. The summed E-state index contributed by atoms with van der Waals surface area (Å²) in [5.74, 6) is 0. The number of aromatic nitrogens is 1. The minimum Gasteiger partial charge on any atom is -0.383 e. The second-order valence-electron chi connectivity index (χ2n) is 2.63. The summed E-state index contributed by atoms with van der Waals surface area (Å²) in [6.45, 7) is 0. The first-order valence-corrected chi connectivity index (χ1v) is 4.33. The Morgan fingerprint density at radius 3 is 3.00 bits per heavy atom. The topological polar surface area (TPSA) is 45.3 Å². The van der Waals surface area contributed by atoms with Crippen LogP contribution in [0, 0.1) is 0 Å². The van der Waals surface area contributed by atoms with Crippen molar-refractivity contribution < 1.29 is 4.84 Å². The summed E-state index contributed by atoms with van der Waals surface area (Å²) in [7, 11) is 0. The van der Waals surface area contributed by atoms with Gasteiger partial charge in [-0.1, -0.05) is 11.6 Å². The van der Waals surface area contributed by atoms with Crippen LogP contribution in [0.3, 0.4) is 0 Å². The number of hydrogen-bond donors (Lipinski definition) is 1. The Hall–Kier alpha value is -1.68. The number of nitrogens with one attached hydrogen (secondary N) is 1. The molecule has 0 aliphatic carbocycles. The van der Waals surface area contributed by atoms with Gasteiger partial charge in [0.15, 0.2) is 0 Å². The van der Waals surface area contributed by atoms with Crippen LogP contribution in [0.5, 0.6) is 0 Å². The van der Waals surface area contributed by atoms with Crippen LogP contribution in [0.1, 0.15) is 0 Å². The highest BCUT2D eigenvalue weighted by molar-refractivity contribution is 6.30. The number of hydrogen-bond acceptors (Lipinski definition) is 3. The number of allylic oxidation sites excluding steroid dienone is 2. The van der Waals surface area contributed by atoms with E-state index < -0.39 is 0 Å². The van der Waals surface area contributed by atoms with E-state index in [9.17, 15) is 4.79 Å². The van der Waals surface area contributed by atoms with Crippen molar-refractivity contribution in [3.63, 3.8) is 0 Å². The highest BCUT2D eigenvalue weighted by atomic mass is 35.5. The number of H-pyrrole nitrogens is 1. The molecule has 0 amide bonds. The molecule has 2 rings (SSSR count). The van der Waals surface area contributed by atoms with Gasteiger partial charge in [-0.3, -0.25) is 4.79 Å². The van der Waals surface area contributed by atoms with E-state index in [4.69, 9.17) is 16.4 Å². The van der Waals surface area contributed by atoms with E-state index in [1.807, 2.05) is 0 Å². The molecule has 0 saturated carbocycles. The number of aromatic amines is 1. The third-order valence-corrected chi connectivity index (χ3v) is 1.89. The molecule has 2 heterocycles. The molecular weight excluding hydrogens is 204 g/mol. The fraction of sp³-hybridized carbons (Fsp3) is 0. The van der Waals surface area contributed by atoms with Crippen LogP contribution >= 0.6 is 11.6 Å². The maximum atomic E-state index is 11.4. The number of pyridine rings is 1. The molecule has 1 aromatic heterocycles. The maximum absolute atomic E-state index is 11.4. The van der Waals surface area contributed by atoms with Crippen molar-refractivity contribution in [2.45, 2.75) is 0 Å². The minimum absolute atomic E-state index is 0.255. The van der Waals surface area contributed by atoms with Gasteiger partial charge in [0.2, 0.25) is 0 Å². The zero-order valence-electron chi connectivity index (χ0n) is 7.11. The molecule has 4 nitrogen and oxygen atoms in total. The Kier molecular flexibility index (Phi) is 2.28. The summed E-state index contributed by atoms with van der Waals surface area (Å²) in [4.78, 5) is 19.0. The van der Waals surface area contributed by atoms with Gasteiger partial charge in [-0.2, -0.15) is 5.06 Å². The van der Waals surface area contributed by atoms with E-state index in [1.165, 1.54) is 23.6 Å². The fourth-order valence-corrected chi connectivity index (χ4v) is 1.21. The highest BCUT2D eigenvalue weighted by Crippen LogP contribution is 2.16. The summed E-state index contributed by atoms with van der Waals surface area (Å²) in [6, 6.07) is 1.53. The van der Waals surface area contributed by atoms with E-state index >= 15 is 0 Å². The van der Waals surface area contributed by atoms with Crippen molar-refractivity contribution >= 4 is 17.3 Å². The number of nitrogens with zero attached hydrogens (tertiary/aromatic N) is 1. The van der Waals surface area contributed by atoms with Gasteiger partial charge < -0.3 is 9.82 Å². The highest BCUT2D eigenvalue weighted by Gasteiger charge is 2.09. The molecule has 0 radical (unpaired) electrons. The molecule has 72 valence electrons. The lowest BCUT2D eigenvalue weighted by Gasteiger charge is -2.18. The van der Waals surface area contributed by atoms with Crippen molar-refractivity contribution in [2.24, 2.45) is 0 Å². The molecule has 0 fully saturated rings. The van der Waals surface area contributed by atoms with Gasteiger partial charge in [-0.05, 0) is 18.2 Å². The first-order chi connectivity index (χ1) is 6.77. The van der Waals surface area contributed by atoms with Gasteiger partial charge in [0.1, 0.15) is 11.9 Å². The molecule has 1 N–H and O–H groups in total. The van der Waals surface area contributed by atoms with Gasteiger partial charge in [-0.25, -0.2) is 0 Å². The van der Waals surface area contributed by atoms with E-state index in [-0.39, 0.29) is 5.56 Å². The van der Waals surface area contributed by atoms with Gasteiger partial charge in [0.25, 0.3) is 5.56 Å². The summed E-state index contributed by atoms with van der Waals surface area (Å²) in [6.07, 6.45) is 8.00. The Balaban J connectivity index is 2.40. The van der Waals surface area contributed by atoms with Crippen molar-refractivity contribution in [1.29, 1.82) is 0 Å². The van der Waals surface area contributed by atoms with Crippen molar-refractivity contribution in [1.82, 2.24) is 4.98 Å². The van der Waals surface area contributed by atoms with Crippen LogP contribution in [-0.2, 0) is 4.84 Å². The standard InChI is InChI=1S/C9H7ClN2O2/c10-7-5-8(9(13)11-6-7)12-3-1-2-4-14-12/h1-6H,(H,11,13). The number of hydroxylamine groups is 1. The fourth-order valence-electron chi connectivity index (χ4n) is 1.06. The lowest BCUT2D eigenvalue weighted by atomic mass is 10.4. The first kappa shape index (κ1) is 8.90. The molecule has 0 saturated heterocycles. The minimum atomic E-state index is -0.255. The predicted octanol–water partition coefficient (Wildman–Crippen LogP) is 1.81. The predicted molar refractivity (Wildman–Crippen MR) is 53.9 cm³/mol. The summed E-state index contributed by atoms with van der Waals surface area (Å²) in [5, 5.41) is 1.79. The Labute approximate surface area is 85.0 Å². The second kappa shape index (κ2) is 3.59. The zero-order valence-corrected chi connectivity index (χ0v) is 7.86. The average Bonchev–Trinajstić information content (AvgIpc) is 2.23. The second-order valence-corrected chi connectivity index (χ2v) is 3.07. The van der Waals surface area contributed by atoms with E-state index in [1.54, 1.807) is 18.4 Å². The quantitative estimate of drug-likeness (QED) is 0.769. The summed E-state index contributed by atoms with van der Waals surface area (Å²) >= 11 is 5.74. The molecule has 0 atom stereocenters. The third-order valence-electron chi connectivity index (χ3n) is 1.67. The van der Waals surface area contributed by atoms with E-state index in [0.717, 1.165) is 0 Å². The number of halogens is 1. The number of rotatable bonds is 1. The van der Waals surface area contributed by atoms with Gasteiger partial charge >= 0.3 is 0 Å². The van der Waals surface area contributed by atoms with Crippen LogP contribution in [-0.4, -0.2) is 4.98 Å². The lowest BCUT2D eigenvalue weighted by molar-refractivity contribution is 0.245. The smallest absolute Gasteiger partial charge is 0.275 e. The Morgan fingerprint density at radius 1 is 1.43 bits per heavy atom. The largest absolute Gasteiger partial charge is 0.383 e. The Bertz CT molecular complexity index is 450. The normalized spacial score (nSPS) is 14.2. The van der Waals surface area contributed by atoms with Crippen LogP contribution in [0.4, 0.5) is 5.69 Å². The van der Waals surface area contributed by atoms with Crippen molar-refractivity contribution in [3.05, 3.63) is 52.3 Å². The van der Waals surface area contributed by atoms with Gasteiger partial charge in [-0.15, -0.1) is 0 Å². The van der Waals surface area contributed by atoms with Gasteiger partial charge in [0.05, 0.1) is 5.02 Å². The average molecular weight is 211 g/mol. The van der Waals surface area contributed by atoms with Crippen molar-refractivity contribution in [2.75, 3.05) is 5.06 Å². The zero-order chi connectivity index (χ0) is 9.97. The monoisotopic (exact) mass is 210 g/mol. The molecule has 5 heteroatoms. The first-order valence-electron chi connectivity index (χ1n) is 3.95. The van der Waals surface area contributed by atoms with Crippen LogP contribution in [0.15, 0.2) is 41.7 Å². The van der Waals surface area contributed by atoms with Crippen LogP contribution < -0.4 is 10.6 Å². The SMILES string of the molecule is O=c1[nH]cc(Cl)cc1N1C=CC=CO1. The van der Waals surface area contributed by atoms with E-state index in [2.05, 4.69) is 4.98 Å². The lowest BCUT2D eigenvalue weighted by Crippen LogP contribution is -2.23. The maximum Gasteiger partial charge on any atom is 0.275 e. The molecule has 14 heavy (non-hydrogen) atoms. The van der Waals surface area contributed by atoms with Crippen LogP contribution in [0.25, 0.3) is 0 Å². The summed E-state index contributed by atoms with van der Waals surface area (Å²) < 4.78 is 0. The molecular formula is C9H7ClN2O2. The van der Waals surface area contributed by atoms with Gasteiger partial charge in [0, 0.05) is 12.4 Å². The Morgan fingerprint density at radius 2 is 2.29 bits per heavy atom. The molecule has 1 aromatic rings. The summed E-state index contributed by atoms with van der Waals surface area (Å²) in [5.41, 5.74) is 0.0902.